The summed E-state index contributed by atoms with van der Waals surface area (Å²) in [5, 5.41) is 0. The summed E-state index contributed by atoms with van der Waals surface area (Å²) in [5.41, 5.74) is 8.22. The van der Waals surface area contributed by atoms with Crippen molar-refractivity contribution in [3.05, 3.63) is 72.7 Å². The highest BCUT2D eigenvalue weighted by atomic mass is 16.2. The minimum absolute atomic E-state index is 0.0919. The van der Waals surface area contributed by atoms with E-state index in [4.69, 9.17) is 5.73 Å². The number of imidazole rings is 1. The number of aromatic nitrogens is 2. The van der Waals surface area contributed by atoms with Gasteiger partial charge in [0.15, 0.2) is 0 Å². The molecule has 1 unspecified atom stereocenters. The molecule has 1 atom stereocenters. The van der Waals surface area contributed by atoms with E-state index >= 15 is 0 Å². The van der Waals surface area contributed by atoms with Crippen molar-refractivity contribution >= 4 is 11.7 Å². The van der Waals surface area contributed by atoms with E-state index in [0.717, 1.165) is 42.6 Å². The minimum Gasteiger partial charge on any atom is -0.382 e. The molecule has 1 aliphatic rings. The Morgan fingerprint density at radius 3 is 2.24 bits per heavy atom. The zero-order chi connectivity index (χ0) is 20.4. The Labute approximate surface area is 172 Å². The third-order valence-corrected chi connectivity index (χ3v) is 6.16. The molecule has 3 aromatic rings. The number of benzene rings is 2. The first-order valence-electron chi connectivity index (χ1n) is 10.2. The van der Waals surface area contributed by atoms with Crippen LogP contribution >= 0.6 is 0 Å². The van der Waals surface area contributed by atoms with E-state index in [2.05, 4.69) is 36.2 Å². The number of piperidine rings is 1. The first kappa shape index (κ1) is 19.2. The van der Waals surface area contributed by atoms with Crippen molar-refractivity contribution < 1.29 is 4.79 Å². The van der Waals surface area contributed by atoms with E-state index in [-0.39, 0.29) is 5.91 Å². The van der Waals surface area contributed by atoms with Crippen LogP contribution in [0.3, 0.4) is 0 Å². The first-order valence-corrected chi connectivity index (χ1v) is 10.2. The molecule has 2 N–H and O–H groups in total. The Hall–Kier alpha value is -3.08. The van der Waals surface area contributed by atoms with Crippen LogP contribution in [0.4, 0.5) is 5.82 Å². The van der Waals surface area contributed by atoms with Crippen LogP contribution in [0.15, 0.2) is 67.1 Å². The number of nitrogens with two attached hydrogens (primary N) is 1. The summed E-state index contributed by atoms with van der Waals surface area (Å²) < 4.78 is 1.85. The fourth-order valence-corrected chi connectivity index (χ4v) is 4.10. The molecule has 0 radical (unpaired) electrons. The lowest BCUT2D eigenvalue weighted by atomic mass is 9.87. The van der Waals surface area contributed by atoms with Crippen LogP contribution in [0.1, 0.15) is 32.3 Å². The lowest BCUT2D eigenvalue weighted by Crippen LogP contribution is -2.51. The lowest BCUT2D eigenvalue weighted by molar-refractivity contribution is -0.139. The minimum atomic E-state index is -0.888. The molecule has 150 valence electrons. The Morgan fingerprint density at radius 1 is 1.03 bits per heavy atom. The Bertz CT molecular complexity index is 972. The van der Waals surface area contributed by atoms with Gasteiger partial charge < -0.3 is 15.2 Å². The van der Waals surface area contributed by atoms with Crippen LogP contribution in [0.2, 0.25) is 0 Å². The average Bonchev–Trinajstić information content (AvgIpc) is 3.21. The predicted molar refractivity (Wildman–Crippen MR) is 116 cm³/mol. The van der Waals surface area contributed by atoms with Gasteiger partial charge in [-0.1, -0.05) is 61.5 Å². The maximum Gasteiger partial charge on any atom is 0.253 e. The summed E-state index contributed by atoms with van der Waals surface area (Å²) >= 11 is 0. The average molecular weight is 389 g/mol. The molecular weight excluding hydrogens is 360 g/mol. The number of rotatable bonds is 4. The molecule has 1 aromatic heterocycles. The van der Waals surface area contributed by atoms with Crippen LogP contribution in [0.5, 0.6) is 0 Å². The van der Waals surface area contributed by atoms with E-state index in [1.54, 1.807) is 12.5 Å². The van der Waals surface area contributed by atoms with Gasteiger partial charge in [0.25, 0.3) is 5.91 Å². The Kier molecular flexibility index (Phi) is 5.14. The highest BCUT2D eigenvalue weighted by molar-refractivity contribution is 5.88. The predicted octanol–water partition coefficient (Wildman–Crippen LogP) is 4.15. The molecule has 1 amide bonds. The van der Waals surface area contributed by atoms with Gasteiger partial charge in [0.1, 0.15) is 11.4 Å². The number of anilines is 1. The molecule has 0 saturated carbocycles. The number of nitrogen functional groups attached to an aromatic ring is 1. The molecule has 29 heavy (non-hydrogen) atoms. The van der Waals surface area contributed by atoms with E-state index in [1.165, 1.54) is 0 Å². The van der Waals surface area contributed by atoms with Crippen LogP contribution in [-0.4, -0.2) is 33.4 Å². The van der Waals surface area contributed by atoms with Crippen molar-refractivity contribution in [2.75, 3.05) is 18.8 Å². The largest absolute Gasteiger partial charge is 0.382 e. The Balaban J connectivity index is 1.72. The van der Waals surface area contributed by atoms with Crippen molar-refractivity contribution in [2.45, 2.75) is 32.2 Å². The standard InChI is InChI=1S/C24H28N4O/c1-18-12-14-27(15-13-18)23(29)24(2,28-16-22(25)26-17-28)21-10-8-20(9-11-21)19-6-4-3-5-7-19/h3-11,16-18H,12-15,25H2,1-2H3. The van der Waals surface area contributed by atoms with Crippen molar-refractivity contribution in [1.29, 1.82) is 0 Å². The van der Waals surface area contributed by atoms with E-state index < -0.39 is 5.54 Å². The van der Waals surface area contributed by atoms with Crippen LogP contribution in [0, 0.1) is 5.92 Å². The van der Waals surface area contributed by atoms with Crippen LogP contribution in [0.25, 0.3) is 11.1 Å². The van der Waals surface area contributed by atoms with Crippen LogP contribution in [-0.2, 0) is 10.3 Å². The molecular formula is C24H28N4O. The molecule has 2 heterocycles. The van der Waals surface area contributed by atoms with Crippen LogP contribution < -0.4 is 5.73 Å². The summed E-state index contributed by atoms with van der Waals surface area (Å²) in [6, 6.07) is 18.5. The van der Waals surface area contributed by atoms with E-state index in [1.807, 2.05) is 46.7 Å². The summed E-state index contributed by atoms with van der Waals surface area (Å²) in [6.07, 6.45) is 5.49. The summed E-state index contributed by atoms with van der Waals surface area (Å²) in [7, 11) is 0. The van der Waals surface area contributed by atoms with Crippen molar-refractivity contribution in [3.63, 3.8) is 0 Å². The SMILES string of the molecule is CC1CCN(C(=O)C(C)(c2ccc(-c3ccccc3)cc2)n2cnc(N)c2)CC1. The monoisotopic (exact) mass is 388 g/mol. The second-order valence-corrected chi connectivity index (χ2v) is 8.20. The van der Waals surface area contributed by atoms with Gasteiger partial charge in [0.2, 0.25) is 0 Å². The normalized spacial score (nSPS) is 17.1. The van der Waals surface area contributed by atoms with Crippen molar-refractivity contribution in [1.82, 2.24) is 14.5 Å². The van der Waals surface area contributed by atoms with Gasteiger partial charge in [-0.3, -0.25) is 4.79 Å². The van der Waals surface area contributed by atoms with E-state index in [0.29, 0.717) is 11.7 Å². The number of hydrogen-bond acceptors (Lipinski definition) is 3. The topological polar surface area (TPSA) is 64.2 Å². The molecule has 0 spiro atoms. The highest BCUT2D eigenvalue weighted by Crippen LogP contribution is 2.32. The molecule has 5 heteroatoms. The third kappa shape index (κ3) is 3.65. The zero-order valence-electron chi connectivity index (χ0n) is 17.1. The lowest BCUT2D eigenvalue weighted by Gasteiger charge is -2.39. The maximum absolute atomic E-state index is 13.7. The summed E-state index contributed by atoms with van der Waals surface area (Å²) in [5.74, 6) is 1.17. The number of likely N-dealkylation sites (tertiary alicyclic amines) is 1. The number of nitrogens with zero attached hydrogens (tertiary/aromatic N) is 3. The number of hydrogen-bond donors (Lipinski definition) is 1. The van der Waals surface area contributed by atoms with Gasteiger partial charge in [0, 0.05) is 19.3 Å². The van der Waals surface area contributed by atoms with Gasteiger partial charge in [-0.2, -0.15) is 0 Å². The molecule has 1 saturated heterocycles. The number of carbonyl (C=O) groups is 1. The zero-order valence-corrected chi connectivity index (χ0v) is 17.1. The quantitative estimate of drug-likeness (QED) is 0.730. The highest BCUT2D eigenvalue weighted by Gasteiger charge is 2.41. The molecule has 5 nitrogen and oxygen atoms in total. The van der Waals surface area contributed by atoms with Gasteiger partial charge in [-0.05, 0) is 42.4 Å². The first-order chi connectivity index (χ1) is 14.0. The van der Waals surface area contributed by atoms with Crippen molar-refractivity contribution in [3.8, 4) is 11.1 Å². The van der Waals surface area contributed by atoms with Gasteiger partial charge in [0.05, 0.1) is 6.33 Å². The second kappa shape index (κ2) is 7.74. The summed E-state index contributed by atoms with van der Waals surface area (Å²) in [4.78, 5) is 19.9. The molecule has 0 aliphatic carbocycles. The molecule has 0 bridgehead atoms. The van der Waals surface area contributed by atoms with Gasteiger partial charge in [-0.25, -0.2) is 4.98 Å². The smallest absolute Gasteiger partial charge is 0.253 e. The maximum atomic E-state index is 13.7. The van der Waals surface area contributed by atoms with Gasteiger partial charge in [-0.15, -0.1) is 0 Å². The second-order valence-electron chi connectivity index (χ2n) is 8.20. The fourth-order valence-electron chi connectivity index (χ4n) is 4.10. The summed E-state index contributed by atoms with van der Waals surface area (Å²) in [6.45, 7) is 5.80. The van der Waals surface area contributed by atoms with E-state index in [9.17, 15) is 4.79 Å². The van der Waals surface area contributed by atoms with Gasteiger partial charge >= 0.3 is 0 Å². The third-order valence-electron chi connectivity index (χ3n) is 6.16. The Morgan fingerprint density at radius 2 is 1.66 bits per heavy atom. The van der Waals surface area contributed by atoms with Crippen molar-refractivity contribution in [2.24, 2.45) is 5.92 Å². The molecule has 2 aromatic carbocycles. The molecule has 1 aliphatic heterocycles. The molecule has 1 fully saturated rings. The number of amides is 1. The molecule has 4 rings (SSSR count). The number of carbonyl (C=O) groups excluding carboxylic acids is 1. The fraction of sp³-hybridized carbons (Fsp3) is 0.333.